The van der Waals surface area contributed by atoms with Crippen molar-refractivity contribution in [2.75, 3.05) is 39.6 Å². The van der Waals surface area contributed by atoms with Crippen molar-refractivity contribution in [1.29, 1.82) is 0 Å². The number of unbranched alkanes of at least 4 members (excludes halogenated alkanes) is 43. The number of hydrogen-bond donors (Lipinski definition) is 3. The lowest BCUT2D eigenvalue weighted by Gasteiger charge is -2.21. The van der Waals surface area contributed by atoms with Crippen LogP contribution in [0.4, 0.5) is 0 Å². The van der Waals surface area contributed by atoms with Crippen LogP contribution < -0.4 is 0 Å². The van der Waals surface area contributed by atoms with Gasteiger partial charge in [-0.05, 0) is 49.4 Å². The summed E-state index contributed by atoms with van der Waals surface area (Å²) in [7, 11) is -9.92. The summed E-state index contributed by atoms with van der Waals surface area (Å²) in [6, 6.07) is 0. The molecule has 594 valence electrons. The molecule has 0 fully saturated rings. The van der Waals surface area contributed by atoms with Gasteiger partial charge in [-0.15, -0.1) is 0 Å². The Labute approximate surface area is 613 Å². The molecule has 0 aliphatic heterocycles. The van der Waals surface area contributed by atoms with Crippen molar-refractivity contribution in [3.63, 3.8) is 0 Å². The van der Waals surface area contributed by atoms with Crippen molar-refractivity contribution in [3.05, 3.63) is 0 Å². The van der Waals surface area contributed by atoms with Gasteiger partial charge in [0.05, 0.1) is 26.4 Å². The Bertz CT molecular complexity index is 1960. The summed E-state index contributed by atoms with van der Waals surface area (Å²) in [5, 5.41) is 10.6. The van der Waals surface area contributed by atoms with E-state index in [0.29, 0.717) is 25.7 Å². The predicted octanol–water partition coefficient (Wildman–Crippen LogP) is 24.0. The van der Waals surface area contributed by atoms with E-state index in [1.54, 1.807) is 0 Å². The molecule has 6 atom stereocenters. The Morgan fingerprint density at radius 3 is 0.710 bits per heavy atom. The standard InChI is InChI=1S/C81H158O17P2/c1-9-74(8)60-52-44-39-40-46-54-62-79(84)92-68-77(98-81(86)64-55-47-37-31-25-17-12-10-11-15-21-27-33-41-49-57-71(2)3)70-96-100(89,90)94-66-75(82)65-93-99(87,88)95-69-76(67-91-78(83)61-53-45-36-30-24-20-19-23-29-35-43-51-59-73(6)7)97-80(85)63-56-48-38-32-26-18-14-13-16-22-28-34-42-50-58-72(4)5/h71-77,82H,9-70H2,1-8H3,(H,87,88)(H,89,90)/t74?,75-,76-,77-/m1/s1. The van der Waals surface area contributed by atoms with Crippen LogP contribution in [0.5, 0.6) is 0 Å². The normalized spacial score (nSPS) is 14.3. The zero-order chi connectivity index (χ0) is 73.8. The quantitative estimate of drug-likeness (QED) is 0.0222. The molecular formula is C81H158O17P2. The fourth-order valence-electron chi connectivity index (χ4n) is 12.4. The van der Waals surface area contributed by atoms with Crippen LogP contribution in [-0.4, -0.2) is 96.7 Å². The van der Waals surface area contributed by atoms with E-state index < -0.39 is 97.5 Å². The van der Waals surface area contributed by atoms with Crippen molar-refractivity contribution < 1.29 is 80.2 Å². The van der Waals surface area contributed by atoms with Crippen LogP contribution in [0.2, 0.25) is 0 Å². The lowest BCUT2D eigenvalue weighted by atomic mass is 10.00. The van der Waals surface area contributed by atoms with Gasteiger partial charge in [0.1, 0.15) is 19.3 Å². The van der Waals surface area contributed by atoms with Gasteiger partial charge in [-0.1, -0.05) is 364 Å². The number of aliphatic hydroxyl groups is 1. The van der Waals surface area contributed by atoms with E-state index >= 15 is 0 Å². The minimum absolute atomic E-state index is 0.107. The maximum absolute atomic E-state index is 13.1. The van der Waals surface area contributed by atoms with E-state index in [2.05, 4.69) is 55.4 Å². The summed E-state index contributed by atoms with van der Waals surface area (Å²) in [6.45, 7) is 14.3. The molecule has 3 unspecified atom stereocenters. The van der Waals surface area contributed by atoms with Crippen molar-refractivity contribution >= 4 is 39.5 Å². The van der Waals surface area contributed by atoms with Crippen molar-refractivity contribution in [2.24, 2.45) is 23.7 Å². The van der Waals surface area contributed by atoms with Gasteiger partial charge in [0, 0.05) is 25.7 Å². The van der Waals surface area contributed by atoms with E-state index in [-0.39, 0.29) is 25.7 Å². The van der Waals surface area contributed by atoms with Gasteiger partial charge in [0.15, 0.2) is 12.2 Å². The Hall–Kier alpha value is -1.94. The summed E-state index contributed by atoms with van der Waals surface area (Å²) in [6.07, 6.45) is 56.9. The molecule has 3 N–H and O–H groups in total. The Morgan fingerprint density at radius 2 is 0.480 bits per heavy atom. The van der Waals surface area contributed by atoms with Crippen LogP contribution in [0.3, 0.4) is 0 Å². The molecule has 0 aromatic carbocycles. The first-order valence-electron chi connectivity index (χ1n) is 41.7. The van der Waals surface area contributed by atoms with Crippen molar-refractivity contribution in [1.82, 2.24) is 0 Å². The Kier molecular flexibility index (Phi) is 68.7. The Balaban J connectivity index is 5.25. The summed E-state index contributed by atoms with van der Waals surface area (Å²) < 4.78 is 68.7. The fraction of sp³-hybridized carbons (Fsp3) is 0.951. The van der Waals surface area contributed by atoms with Gasteiger partial charge in [0.25, 0.3) is 0 Å². The summed E-state index contributed by atoms with van der Waals surface area (Å²) in [5.41, 5.74) is 0. The number of aliphatic hydroxyl groups excluding tert-OH is 1. The number of carbonyl (C=O) groups excluding carboxylic acids is 4. The predicted molar refractivity (Wildman–Crippen MR) is 409 cm³/mol. The molecule has 0 aliphatic carbocycles. The second kappa shape index (κ2) is 70.1. The molecular weight excluding hydrogens is 1310 g/mol. The number of rotatable bonds is 78. The smallest absolute Gasteiger partial charge is 0.462 e. The number of esters is 4. The van der Waals surface area contributed by atoms with E-state index in [0.717, 1.165) is 120 Å². The monoisotopic (exact) mass is 1470 g/mol. The van der Waals surface area contributed by atoms with Gasteiger partial charge >= 0.3 is 39.5 Å². The highest BCUT2D eigenvalue weighted by atomic mass is 31.2. The van der Waals surface area contributed by atoms with E-state index in [4.69, 9.17) is 37.0 Å². The molecule has 0 aromatic heterocycles. The zero-order valence-corrected chi connectivity index (χ0v) is 67.6. The largest absolute Gasteiger partial charge is 0.472 e. The molecule has 0 spiro atoms. The van der Waals surface area contributed by atoms with Crippen LogP contribution in [0.1, 0.15) is 415 Å². The first kappa shape index (κ1) is 98.1. The molecule has 0 saturated carbocycles. The average Bonchev–Trinajstić information content (AvgIpc) is 0.914. The molecule has 0 rings (SSSR count). The van der Waals surface area contributed by atoms with Crippen molar-refractivity contribution in [3.8, 4) is 0 Å². The van der Waals surface area contributed by atoms with Crippen LogP contribution in [0.15, 0.2) is 0 Å². The minimum atomic E-state index is -4.96. The Morgan fingerprint density at radius 1 is 0.280 bits per heavy atom. The molecule has 0 aromatic rings. The third kappa shape index (κ3) is 73.0. The molecule has 0 saturated heterocycles. The first-order chi connectivity index (χ1) is 48.1. The van der Waals surface area contributed by atoms with Crippen LogP contribution in [-0.2, 0) is 65.4 Å². The van der Waals surface area contributed by atoms with Gasteiger partial charge in [-0.2, -0.15) is 0 Å². The molecule has 17 nitrogen and oxygen atoms in total. The van der Waals surface area contributed by atoms with Crippen LogP contribution in [0, 0.1) is 23.7 Å². The highest BCUT2D eigenvalue weighted by Gasteiger charge is 2.30. The molecule has 0 heterocycles. The van der Waals surface area contributed by atoms with Gasteiger partial charge in [-0.25, -0.2) is 9.13 Å². The van der Waals surface area contributed by atoms with Crippen LogP contribution >= 0.6 is 15.6 Å². The number of hydrogen-bond acceptors (Lipinski definition) is 15. The lowest BCUT2D eigenvalue weighted by Crippen LogP contribution is -2.30. The molecule has 0 aliphatic rings. The number of ether oxygens (including phenoxy) is 4. The number of carbonyl (C=O) groups is 4. The third-order valence-corrected chi connectivity index (χ3v) is 21.1. The highest BCUT2D eigenvalue weighted by Crippen LogP contribution is 2.45. The lowest BCUT2D eigenvalue weighted by molar-refractivity contribution is -0.161. The topological polar surface area (TPSA) is 237 Å². The van der Waals surface area contributed by atoms with Gasteiger partial charge in [0.2, 0.25) is 0 Å². The minimum Gasteiger partial charge on any atom is -0.462 e. The highest BCUT2D eigenvalue weighted by molar-refractivity contribution is 7.47. The summed E-state index contributed by atoms with van der Waals surface area (Å²) >= 11 is 0. The maximum atomic E-state index is 13.1. The van der Waals surface area contributed by atoms with Crippen molar-refractivity contribution in [2.45, 2.75) is 433 Å². The number of phosphoric ester groups is 2. The zero-order valence-electron chi connectivity index (χ0n) is 65.8. The van der Waals surface area contributed by atoms with E-state index in [1.807, 2.05) is 0 Å². The van der Waals surface area contributed by atoms with E-state index in [1.165, 1.54) is 212 Å². The van der Waals surface area contributed by atoms with Gasteiger partial charge in [-0.3, -0.25) is 37.3 Å². The second-order valence-electron chi connectivity index (χ2n) is 30.8. The van der Waals surface area contributed by atoms with Crippen LogP contribution in [0.25, 0.3) is 0 Å². The molecule has 0 bridgehead atoms. The number of phosphoric acid groups is 2. The third-order valence-electron chi connectivity index (χ3n) is 19.2. The summed E-state index contributed by atoms with van der Waals surface area (Å²) in [5.74, 6) is 0.996. The average molecular weight is 1470 g/mol. The fourth-order valence-corrected chi connectivity index (χ4v) is 14.0. The maximum Gasteiger partial charge on any atom is 0.472 e. The first-order valence-corrected chi connectivity index (χ1v) is 44.7. The van der Waals surface area contributed by atoms with E-state index in [9.17, 15) is 43.2 Å². The molecule has 19 heteroatoms. The van der Waals surface area contributed by atoms with Gasteiger partial charge < -0.3 is 33.8 Å². The molecule has 0 amide bonds. The SMILES string of the molecule is CCC(C)CCCCCCCCC(=O)OC[C@H](COP(=O)(O)OC[C@H](O)COP(=O)(O)OC[C@@H](COC(=O)CCCCCCCCCCCCCCC(C)C)OC(=O)CCCCCCCCCCCCCCCCC(C)C)OC(=O)CCCCCCCCCCCCCCCCCC(C)C. The molecule has 0 radical (unpaired) electrons. The summed E-state index contributed by atoms with van der Waals surface area (Å²) in [4.78, 5) is 73.0. The molecule has 100 heavy (non-hydrogen) atoms. The second-order valence-corrected chi connectivity index (χ2v) is 33.7.